The molecule has 2 heterocycles. The first kappa shape index (κ1) is 21.1. The van der Waals surface area contributed by atoms with Crippen LogP contribution in [0.2, 0.25) is 5.02 Å². The molecule has 0 N–H and O–H groups in total. The number of unbranched alkanes of at least 4 members (excludes halogenated alkanes) is 2. The number of benzene rings is 2. The Kier molecular flexibility index (Phi) is 6.27. The second-order valence-corrected chi connectivity index (χ2v) is 9.35. The van der Waals surface area contributed by atoms with E-state index < -0.39 is 0 Å². The molecule has 0 aromatic heterocycles. The number of fused-ring (bicyclic) bond motifs is 1. The summed E-state index contributed by atoms with van der Waals surface area (Å²) in [7, 11) is 0. The predicted molar refractivity (Wildman–Crippen MR) is 127 cm³/mol. The van der Waals surface area contributed by atoms with Gasteiger partial charge in [0.1, 0.15) is 4.32 Å². The molecule has 2 aliphatic heterocycles. The smallest absolute Gasteiger partial charge is 0.267 e. The van der Waals surface area contributed by atoms with Crippen LogP contribution in [0.1, 0.15) is 37.3 Å². The van der Waals surface area contributed by atoms with E-state index in [9.17, 15) is 9.59 Å². The van der Waals surface area contributed by atoms with Crippen molar-refractivity contribution < 1.29 is 9.59 Å². The Bertz CT molecular complexity index is 1050. The van der Waals surface area contributed by atoms with Gasteiger partial charge in [-0.05, 0) is 30.2 Å². The molecule has 154 valence electrons. The average molecular weight is 457 g/mol. The molecule has 4 nitrogen and oxygen atoms in total. The van der Waals surface area contributed by atoms with E-state index in [2.05, 4.69) is 6.92 Å². The summed E-state index contributed by atoms with van der Waals surface area (Å²) in [6.07, 6.45) is 3.01. The molecule has 2 amide bonds. The molecule has 7 heteroatoms. The zero-order valence-electron chi connectivity index (χ0n) is 16.6. The van der Waals surface area contributed by atoms with Crippen molar-refractivity contribution in [1.29, 1.82) is 0 Å². The van der Waals surface area contributed by atoms with Crippen LogP contribution in [-0.2, 0) is 16.1 Å². The van der Waals surface area contributed by atoms with E-state index in [4.69, 9.17) is 23.8 Å². The fourth-order valence-corrected chi connectivity index (χ4v) is 5.20. The van der Waals surface area contributed by atoms with Crippen molar-refractivity contribution in [2.45, 2.75) is 32.7 Å². The Morgan fingerprint density at radius 3 is 2.43 bits per heavy atom. The van der Waals surface area contributed by atoms with Gasteiger partial charge in [-0.2, -0.15) is 0 Å². The van der Waals surface area contributed by atoms with E-state index in [1.165, 1.54) is 11.8 Å². The van der Waals surface area contributed by atoms with Crippen LogP contribution in [0.5, 0.6) is 0 Å². The number of hydrogen-bond donors (Lipinski definition) is 0. The molecule has 0 saturated carbocycles. The van der Waals surface area contributed by atoms with Crippen molar-refractivity contribution in [2.75, 3.05) is 11.4 Å². The van der Waals surface area contributed by atoms with Gasteiger partial charge in [-0.1, -0.05) is 85.7 Å². The Morgan fingerprint density at radius 1 is 0.967 bits per heavy atom. The van der Waals surface area contributed by atoms with Gasteiger partial charge in [0, 0.05) is 17.1 Å². The molecule has 2 aromatic carbocycles. The molecular formula is C23H21ClN2O2S2. The van der Waals surface area contributed by atoms with Crippen LogP contribution in [-0.4, -0.2) is 27.6 Å². The molecule has 0 spiro atoms. The molecule has 4 rings (SSSR count). The third-order valence-electron chi connectivity index (χ3n) is 5.24. The van der Waals surface area contributed by atoms with Crippen LogP contribution in [0.25, 0.3) is 5.57 Å². The second kappa shape index (κ2) is 8.92. The van der Waals surface area contributed by atoms with Gasteiger partial charge in [0.15, 0.2) is 0 Å². The minimum Gasteiger partial charge on any atom is -0.303 e. The molecule has 2 aliphatic rings. The lowest BCUT2D eigenvalue weighted by Crippen LogP contribution is -2.30. The fourth-order valence-electron chi connectivity index (χ4n) is 3.69. The molecule has 0 unspecified atom stereocenters. The SMILES string of the molecule is CCCCCN1C(=O)/C(=C2/C(=O)N(Cc3ccc(Cl)cc3)c3ccccc32)SC1=S. The molecule has 0 bridgehead atoms. The highest BCUT2D eigenvalue weighted by Gasteiger charge is 2.41. The molecule has 2 aromatic rings. The van der Waals surface area contributed by atoms with Gasteiger partial charge in [-0.25, -0.2) is 0 Å². The van der Waals surface area contributed by atoms with Crippen molar-refractivity contribution >= 4 is 63.0 Å². The molecule has 0 radical (unpaired) electrons. The number of nitrogens with zero attached hydrogens (tertiary/aromatic N) is 2. The van der Waals surface area contributed by atoms with Gasteiger partial charge in [-0.3, -0.25) is 14.5 Å². The lowest BCUT2D eigenvalue weighted by Gasteiger charge is -2.17. The van der Waals surface area contributed by atoms with Crippen molar-refractivity contribution in [1.82, 2.24) is 4.90 Å². The van der Waals surface area contributed by atoms with Crippen LogP contribution in [0.3, 0.4) is 0 Å². The van der Waals surface area contributed by atoms with Crippen molar-refractivity contribution in [3.8, 4) is 0 Å². The minimum absolute atomic E-state index is 0.160. The van der Waals surface area contributed by atoms with Crippen LogP contribution in [0.15, 0.2) is 53.4 Å². The first-order chi connectivity index (χ1) is 14.5. The van der Waals surface area contributed by atoms with Crippen LogP contribution >= 0.6 is 35.6 Å². The van der Waals surface area contributed by atoms with E-state index >= 15 is 0 Å². The fraction of sp³-hybridized carbons (Fsp3) is 0.261. The number of halogens is 1. The average Bonchev–Trinajstić information content (AvgIpc) is 3.17. The largest absolute Gasteiger partial charge is 0.303 e. The molecule has 1 fully saturated rings. The summed E-state index contributed by atoms with van der Waals surface area (Å²) in [5.41, 5.74) is 3.01. The van der Waals surface area contributed by atoms with E-state index in [1.807, 2.05) is 48.5 Å². The highest BCUT2D eigenvalue weighted by Crippen LogP contribution is 2.45. The van der Waals surface area contributed by atoms with E-state index in [-0.39, 0.29) is 11.8 Å². The molecule has 0 atom stereocenters. The summed E-state index contributed by atoms with van der Waals surface area (Å²) in [5.74, 6) is -0.326. The van der Waals surface area contributed by atoms with Gasteiger partial charge in [-0.15, -0.1) is 0 Å². The summed E-state index contributed by atoms with van der Waals surface area (Å²) in [6, 6.07) is 15.0. The van der Waals surface area contributed by atoms with Gasteiger partial charge in [0.05, 0.1) is 22.7 Å². The van der Waals surface area contributed by atoms with E-state index in [1.54, 1.807) is 9.80 Å². The molecule has 30 heavy (non-hydrogen) atoms. The number of carbonyl (C=O) groups is 2. The molecule has 1 saturated heterocycles. The molecular weight excluding hydrogens is 436 g/mol. The Balaban J connectivity index is 1.69. The van der Waals surface area contributed by atoms with Crippen molar-refractivity contribution in [3.05, 3.63) is 69.6 Å². The Hall–Kier alpha value is -2.15. The zero-order chi connectivity index (χ0) is 21.3. The van der Waals surface area contributed by atoms with Gasteiger partial charge in [0.25, 0.3) is 11.8 Å². The number of amides is 2. The maximum absolute atomic E-state index is 13.5. The lowest BCUT2D eigenvalue weighted by atomic mass is 10.1. The number of anilines is 1. The van der Waals surface area contributed by atoms with Gasteiger partial charge in [0.2, 0.25) is 0 Å². The highest BCUT2D eigenvalue weighted by atomic mass is 35.5. The standard InChI is InChI=1S/C23H21ClN2O2S2/c1-2-3-6-13-25-22(28)20(30-23(25)29)19-17-7-4-5-8-18(17)26(21(19)27)14-15-9-11-16(24)12-10-15/h4-5,7-12H,2-3,6,13-14H2,1H3/b20-19-. The maximum Gasteiger partial charge on any atom is 0.267 e. The monoisotopic (exact) mass is 456 g/mol. The highest BCUT2D eigenvalue weighted by molar-refractivity contribution is 8.26. The lowest BCUT2D eigenvalue weighted by molar-refractivity contribution is -0.122. The van der Waals surface area contributed by atoms with Gasteiger partial charge < -0.3 is 4.90 Å². The normalized spacial score (nSPS) is 18.5. The number of para-hydroxylation sites is 1. The molecule has 0 aliphatic carbocycles. The third kappa shape index (κ3) is 3.92. The van der Waals surface area contributed by atoms with E-state index in [0.717, 1.165) is 36.1 Å². The van der Waals surface area contributed by atoms with Crippen LogP contribution < -0.4 is 4.90 Å². The second-order valence-electron chi connectivity index (χ2n) is 7.27. The topological polar surface area (TPSA) is 40.6 Å². The van der Waals surface area contributed by atoms with E-state index in [0.29, 0.717) is 32.9 Å². The Labute approximate surface area is 190 Å². The first-order valence-corrected chi connectivity index (χ1v) is 11.5. The summed E-state index contributed by atoms with van der Waals surface area (Å²) in [6.45, 7) is 3.13. The van der Waals surface area contributed by atoms with Crippen molar-refractivity contribution in [2.24, 2.45) is 0 Å². The summed E-state index contributed by atoms with van der Waals surface area (Å²) >= 11 is 12.7. The first-order valence-electron chi connectivity index (χ1n) is 9.95. The number of thioether (sulfide) groups is 1. The minimum atomic E-state index is -0.166. The van der Waals surface area contributed by atoms with Crippen LogP contribution in [0.4, 0.5) is 5.69 Å². The number of hydrogen-bond acceptors (Lipinski definition) is 4. The maximum atomic E-state index is 13.5. The summed E-state index contributed by atoms with van der Waals surface area (Å²) in [5, 5.41) is 0.652. The Morgan fingerprint density at radius 2 is 1.70 bits per heavy atom. The van der Waals surface area contributed by atoms with Gasteiger partial charge >= 0.3 is 0 Å². The predicted octanol–water partition coefficient (Wildman–Crippen LogP) is 5.65. The number of carbonyl (C=O) groups excluding carboxylic acids is 2. The number of rotatable bonds is 6. The zero-order valence-corrected chi connectivity index (χ0v) is 18.9. The summed E-state index contributed by atoms with van der Waals surface area (Å²) in [4.78, 5) is 30.4. The third-order valence-corrected chi connectivity index (χ3v) is 6.94. The summed E-state index contributed by atoms with van der Waals surface area (Å²) < 4.78 is 0.528. The number of thiocarbonyl (C=S) groups is 1. The van der Waals surface area contributed by atoms with Crippen molar-refractivity contribution in [3.63, 3.8) is 0 Å². The quantitative estimate of drug-likeness (QED) is 0.320. The van der Waals surface area contributed by atoms with Crippen LogP contribution in [0, 0.1) is 0 Å².